The first-order valence-corrected chi connectivity index (χ1v) is 10.4. The molecule has 2 aromatic rings. The molecule has 1 aromatic heterocycles. The molecule has 1 fully saturated rings. The molecule has 8 nitrogen and oxygen atoms in total. The monoisotopic (exact) mass is 414 g/mol. The van der Waals surface area contributed by atoms with Gasteiger partial charge < -0.3 is 4.74 Å². The highest BCUT2D eigenvalue weighted by Gasteiger charge is 2.32. The Morgan fingerprint density at radius 3 is 2.59 bits per heavy atom. The van der Waals surface area contributed by atoms with Gasteiger partial charge in [0.1, 0.15) is 15.6 Å². The van der Waals surface area contributed by atoms with E-state index in [1.54, 1.807) is 0 Å². The second-order valence-corrected chi connectivity index (χ2v) is 8.66. The molecule has 0 unspecified atom stereocenters. The van der Waals surface area contributed by atoms with Crippen molar-refractivity contribution in [2.75, 3.05) is 13.1 Å². The molecule has 0 saturated carbocycles. The van der Waals surface area contributed by atoms with E-state index in [0.717, 1.165) is 42.7 Å². The minimum atomic E-state index is -3.89. The van der Waals surface area contributed by atoms with Crippen LogP contribution in [0.3, 0.4) is 0 Å². The van der Waals surface area contributed by atoms with Crippen molar-refractivity contribution in [3.8, 4) is 5.75 Å². The number of rotatable bonds is 5. The highest BCUT2D eigenvalue weighted by atomic mass is 32.2. The van der Waals surface area contributed by atoms with Gasteiger partial charge in [-0.2, -0.15) is 4.31 Å². The number of nitro benzene ring substituents is 1. The van der Waals surface area contributed by atoms with Crippen molar-refractivity contribution in [1.29, 1.82) is 0 Å². The molecule has 0 radical (unpaired) electrons. The fraction of sp³-hybridized carbons (Fsp3) is 0.312. The number of thiophene rings is 1. The van der Waals surface area contributed by atoms with Crippen LogP contribution in [0.4, 0.5) is 10.1 Å². The van der Waals surface area contributed by atoms with Crippen LogP contribution in [0, 0.1) is 15.9 Å². The fourth-order valence-corrected chi connectivity index (χ4v) is 5.54. The molecule has 0 N–H and O–H groups in total. The third-order valence-electron chi connectivity index (χ3n) is 4.07. The molecule has 2 heterocycles. The van der Waals surface area contributed by atoms with Crippen LogP contribution in [0.5, 0.6) is 5.75 Å². The van der Waals surface area contributed by atoms with E-state index in [4.69, 9.17) is 4.74 Å². The zero-order valence-electron chi connectivity index (χ0n) is 14.0. The van der Waals surface area contributed by atoms with Gasteiger partial charge in [0.2, 0.25) is 15.8 Å². The molecule has 11 heteroatoms. The van der Waals surface area contributed by atoms with E-state index in [1.807, 2.05) is 0 Å². The van der Waals surface area contributed by atoms with Crippen LogP contribution in [0.1, 0.15) is 28.9 Å². The molecule has 1 saturated heterocycles. The molecule has 27 heavy (non-hydrogen) atoms. The lowest BCUT2D eigenvalue weighted by atomic mass is 10.2. The summed E-state index contributed by atoms with van der Waals surface area (Å²) in [7, 11) is -3.89. The summed E-state index contributed by atoms with van der Waals surface area (Å²) in [5, 5.41) is 12.4. The second-order valence-electron chi connectivity index (χ2n) is 5.84. The number of esters is 1. The van der Waals surface area contributed by atoms with Gasteiger partial charge in [-0.3, -0.25) is 10.1 Å². The maximum Gasteiger partial charge on any atom is 0.355 e. The lowest BCUT2D eigenvalue weighted by Gasteiger charge is -2.25. The van der Waals surface area contributed by atoms with Crippen molar-refractivity contribution in [2.45, 2.75) is 24.2 Å². The van der Waals surface area contributed by atoms with Crippen molar-refractivity contribution in [1.82, 2.24) is 4.31 Å². The number of hydrogen-bond acceptors (Lipinski definition) is 7. The third-order valence-corrected chi connectivity index (χ3v) is 7.03. The number of carbonyl (C=O) groups excluding carboxylic acids is 1. The van der Waals surface area contributed by atoms with Crippen molar-refractivity contribution in [2.24, 2.45) is 0 Å². The average Bonchev–Trinajstić information content (AvgIpc) is 3.13. The summed E-state index contributed by atoms with van der Waals surface area (Å²) in [6, 6.07) is 3.75. The van der Waals surface area contributed by atoms with Crippen LogP contribution in [-0.2, 0) is 10.0 Å². The van der Waals surface area contributed by atoms with Crippen molar-refractivity contribution >= 4 is 33.0 Å². The van der Waals surface area contributed by atoms with E-state index < -0.39 is 38.2 Å². The van der Waals surface area contributed by atoms with Crippen LogP contribution < -0.4 is 4.74 Å². The topological polar surface area (TPSA) is 107 Å². The van der Waals surface area contributed by atoms with Crippen LogP contribution in [-0.4, -0.2) is 36.7 Å². The van der Waals surface area contributed by atoms with E-state index in [1.165, 1.54) is 15.8 Å². The van der Waals surface area contributed by atoms with E-state index in [-0.39, 0.29) is 9.77 Å². The highest BCUT2D eigenvalue weighted by Crippen LogP contribution is 2.31. The Hall–Kier alpha value is -2.37. The molecule has 1 aliphatic rings. The largest absolute Gasteiger partial charge is 0.415 e. The molecular formula is C16H15FN2O6S2. The predicted octanol–water partition coefficient (Wildman–Crippen LogP) is 3.19. The molecule has 0 spiro atoms. The van der Waals surface area contributed by atoms with Gasteiger partial charge in [-0.05, 0) is 30.4 Å². The summed E-state index contributed by atoms with van der Waals surface area (Å²) in [5.74, 6) is -2.50. The van der Waals surface area contributed by atoms with Gasteiger partial charge in [0, 0.05) is 25.2 Å². The zero-order valence-corrected chi connectivity index (χ0v) is 15.6. The predicted molar refractivity (Wildman–Crippen MR) is 94.9 cm³/mol. The molecular weight excluding hydrogens is 399 g/mol. The lowest BCUT2D eigenvalue weighted by Crippen LogP contribution is -2.36. The summed E-state index contributed by atoms with van der Waals surface area (Å²) in [4.78, 5) is 22.3. The number of ether oxygens (including phenoxy) is 1. The van der Waals surface area contributed by atoms with Gasteiger partial charge in [0.25, 0.3) is 0 Å². The van der Waals surface area contributed by atoms with Crippen LogP contribution in [0.15, 0.2) is 34.5 Å². The minimum Gasteiger partial charge on any atom is -0.415 e. The molecule has 1 aliphatic heterocycles. The van der Waals surface area contributed by atoms with Gasteiger partial charge in [0.15, 0.2) is 0 Å². The maximum absolute atomic E-state index is 13.4. The number of nitrogens with zero attached hydrogens (tertiary/aromatic N) is 2. The Balaban J connectivity index is 1.91. The van der Waals surface area contributed by atoms with Crippen LogP contribution in [0.25, 0.3) is 0 Å². The summed E-state index contributed by atoms with van der Waals surface area (Å²) < 4.78 is 45.3. The van der Waals surface area contributed by atoms with Gasteiger partial charge in [-0.15, -0.1) is 11.3 Å². The Morgan fingerprint density at radius 2 is 1.93 bits per heavy atom. The summed E-state index contributed by atoms with van der Waals surface area (Å²) in [5.41, 5.74) is -0.596. The van der Waals surface area contributed by atoms with Crippen molar-refractivity contribution < 1.29 is 27.3 Å². The standard InChI is InChI=1S/C16H15FN2O6S2/c17-11-4-5-12(19(21)22)13(10-11)25-16(20)15-14(6-9-26-15)27(23,24)18-7-2-1-3-8-18/h4-6,9-10H,1-3,7-8H2. The quantitative estimate of drug-likeness (QED) is 0.322. The number of sulfonamides is 1. The van der Waals surface area contributed by atoms with Crippen LogP contribution >= 0.6 is 11.3 Å². The first kappa shape index (κ1) is 19.4. The second kappa shape index (κ2) is 7.71. The molecule has 144 valence electrons. The van der Waals surface area contributed by atoms with Gasteiger partial charge in [-0.25, -0.2) is 17.6 Å². The van der Waals surface area contributed by atoms with E-state index in [2.05, 4.69) is 0 Å². The van der Waals surface area contributed by atoms with E-state index >= 15 is 0 Å². The minimum absolute atomic E-state index is 0.209. The Labute approximate surface area is 158 Å². The average molecular weight is 414 g/mol. The zero-order chi connectivity index (χ0) is 19.6. The number of halogens is 1. The smallest absolute Gasteiger partial charge is 0.355 e. The maximum atomic E-state index is 13.4. The number of carbonyl (C=O) groups is 1. The van der Waals surface area contributed by atoms with E-state index in [0.29, 0.717) is 19.2 Å². The third kappa shape index (κ3) is 3.99. The Morgan fingerprint density at radius 1 is 1.22 bits per heavy atom. The fourth-order valence-electron chi connectivity index (χ4n) is 2.76. The van der Waals surface area contributed by atoms with E-state index in [9.17, 15) is 27.7 Å². The number of benzene rings is 1. The molecule has 0 aliphatic carbocycles. The molecule has 1 aromatic carbocycles. The molecule has 0 bridgehead atoms. The highest BCUT2D eigenvalue weighted by molar-refractivity contribution is 7.89. The van der Waals surface area contributed by atoms with Crippen molar-refractivity contribution in [3.05, 3.63) is 50.5 Å². The first-order valence-electron chi connectivity index (χ1n) is 8.04. The summed E-state index contributed by atoms with van der Waals surface area (Å²) >= 11 is 0.842. The van der Waals surface area contributed by atoms with Gasteiger partial charge in [-0.1, -0.05) is 6.42 Å². The molecule has 0 atom stereocenters. The SMILES string of the molecule is O=C(Oc1cc(F)ccc1[N+](=O)[O-])c1sccc1S(=O)(=O)N1CCCCC1. The van der Waals surface area contributed by atoms with Crippen LogP contribution in [0.2, 0.25) is 0 Å². The number of hydrogen-bond donors (Lipinski definition) is 0. The summed E-state index contributed by atoms with van der Waals surface area (Å²) in [6.07, 6.45) is 2.41. The Bertz CT molecular complexity index is 983. The summed E-state index contributed by atoms with van der Waals surface area (Å²) in [6.45, 7) is 0.726. The molecule has 3 rings (SSSR count). The lowest BCUT2D eigenvalue weighted by molar-refractivity contribution is -0.385. The van der Waals surface area contributed by atoms with Gasteiger partial charge in [0.05, 0.1) is 4.92 Å². The van der Waals surface area contributed by atoms with Gasteiger partial charge >= 0.3 is 11.7 Å². The number of nitro groups is 1. The normalized spacial score (nSPS) is 15.4. The Kier molecular flexibility index (Phi) is 5.53. The molecule has 0 amide bonds. The number of piperidine rings is 1. The van der Waals surface area contributed by atoms with Crippen molar-refractivity contribution in [3.63, 3.8) is 0 Å². The first-order chi connectivity index (χ1) is 12.8.